The summed E-state index contributed by atoms with van der Waals surface area (Å²) in [5.41, 5.74) is 2.69. The van der Waals surface area contributed by atoms with Crippen molar-refractivity contribution in [3.63, 3.8) is 0 Å². The standard InChI is InChI=1S/C26H23ClN2O4/c1-3-33-20-10-11-21(16(2)13-20)24(30)22-23(18-6-8-19(27)9-7-18)29(26(32)25(22)31)15-17-5-4-12-28-14-17/h4-14,23,30H,3,15H2,1-2H3/t23-/m0/s1. The molecule has 1 atom stereocenters. The Labute approximate surface area is 197 Å². The molecular weight excluding hydrogens is 440 g/mol. The van der Waals surface area contributed by atoms with Gasteiger partial charge in [0.25, 0.3) is 11.7 Å². The van der Waals surface area contributed by atoms with E-state index in [1.165, 1.54) is 4.90 Å². The van der Waals surface area contributed by atoms with Gasteiger partial charge in [-0.15, -0.1) is 0 Å². The average molecular weight is 463 g/mol. The summed E-state index contributed by atoms with van der Waals surface area (Å²) in [4.78, 5) is 31.8. The number of Topliss-reactive ketones (excluding diaryl/α,β-unsaturated/α-hetero) is 1. The normalized spacial score (nSPS) is 17.4. The molecule has 0 radical (unpaired) electrons. The van der Waals surface area contributed by atoms with Gasteiger partial charge in [-0.25, -0.2) is 0 Å². The van der Waals surface area contributed by atoms with Crippen molar-refractivity contribution in [1.82, 2.24) is 9.88 Å². The van der Waals surface area contributed by atoms with Gasteiger partial charge in [0.1, 0.15) is 11.5 Å². The van der Waals surface area contributed by atoms with Crippen molar-refractivity contribution in [1.29, 1.82) is 0 Å². The van der Waals surface area contributed by atoms with E-state index in [0.717, 1.165) is 11.1 Å². The number of pyridine rings is 1. The van der Waals surface area contributed by atoms with Gasteiger partial charge in [0, 0.05) is 29.5 Å². The van der Waals surface area contributed by atoms with Crippen molar-refractivity contribution >= 4 is 29.1 Å². The van der Waals surface area contributed by atoms with Crippen LogP contribution in [0.3, 0.4) is 0 Å². The van der Waals surface area contributed by atoms with Crippen LogP contribution in [0.25, 0.3) is 5.76 Å². The summed E-state index contributed by atoms with van der Waals surface area (Å²) in [6.45, 7) is 4.39. The van der Waals surface area contributed by atoms with Crippen LogP contribution in [0.4, 0.5) is 0 Å². The van der Waals surface area contributed by atoms with E-state index in [1.807, 2.05) is 19.9 Å². The number of ether oxygens (including phenoxy) is 1. The molecule has 0 bridgehead atoms. The predicted octanol–water partition coefficient (Wildman–Crippen LogP) is 5.06. The molecular formula is C26H23ClN2O4. The molecule has 1 aliphatic rings. The molecule has 7 heteroatoms. The Bertz CT molecular complexity index is 1220. The quantitative estimate of drug-likeness (QED) is 0.314. The first kappa shape index (κ1) is 22.6. The van der Waals surface area contributed by atoms with Crippen LogP contribution in [0.15, 0.2) is 72.6 Å². The van der Waals surface area contributed by atoms with Gasteiger partial charge in [0.15, 0.2) is 0 Å². The minimum atomic E-state index is -0.770. The molecule has 33 heavy (non-hydrogen) atoms. The largest absolute Gasteiger partial charge is 0.507 e. The number of aliphatic hydroxyl groups is 1. The predicted molar refractivity (Wildman–Crippen MR) is 126 cm³/mol. The maximum absolute atomic E-state index is 13.2. The van der Waals surface area contributed by atoms with Gasteiger partial charge in [0.2, 0.25) is 0 Å². The van der Waals surface area contributed by atoms with Gasteiger partial charge in [-0.2, -0.15) is 0 Å². The number of halogens is 1. The van der Waals surface area contributed by atoms with E-state index in [2.05, 4.69) is 4.98 Å². The highest BCUT2D eigenvalue weighted by Crippen LogP contribution is 2.41. The third-order valence-corrected chi connectivity index (χ3v) is 5.82. The summed E-state index contributed by atoms with van der Waals surface area (Å²) in [5.74, 6) is -0.964. The highest BCUT2D eigenvalue weighted by molar-refractivity contribution is 6.46. The Kier molecular flexibility index (Phi) is 6.47. The minimum Gasteiger partial charge on any atom is -0.507 e. The summed E-state index contributed by atoms with van der Waals surface area (Å²) in [7, 11) is 0. The molecule has 4 rings (SSSR count). The Hall–Kier alpha value is -3.64. The first-order valence-electron chi connectivity index (χ1n) is 10.6. The van der Waals surface area contributed by atoms with E-state index in [1.54, 1.807) is 60.9 Å². The number of ketones is 1. The highest BCUT2D eigenvalue weighted by atomic mass is 35.5. The zero-order chi connectivity index (χ0) is 23.5. The fraction of sp³-hybridized carbons (Fsp3) is 0.192. The van der Waals surface area contributed by atoms with Crippen molar-refractivity contribution in [3.8, 4) is 5.75 Å². The van der Waals surface area contributed by atoms with Crippen molar-refractivity contribution in [3.05, 3.63) is 99.8 Å². The van der Waals surface area contributed by atoms with Gasteiger partial charge in [0.05, 0.1) is 18.2 Å². The number of amides is 1. The second-order valence-electron chi connectivity index (χ2n) is 7.75. The maximum Gasteiger partial charge on any atom is 0.295 e. The van der Waals surface area contributed by atoms with E-state index in [9.17, 15) is 14.7 Å². The van der Waals surface area contributed by atoms with Crippen LogP contribution in [0.1, 0.15) is 35.2 Å². The van der Waals surface area contributed by atoms with Crippen molar-refractivity contribution in [2.45, 2.75) is 26.4 Å². The Morgan fingerprint density at radius 2 is 1.91 bits per heavy atom. The molecule has 1 fully saturated rings. The number of aryl methyl sites for hydroxylation is 1. The van der Waals surface area contributed by atoms with E-state index in [-0.39, 0.29) is 17.9 Å². The maximum atomic E-state index is 13.2. The lowest BCUT2D eigenvalue weighted by Gasteiger charge is -2.25. The molecule has 1 aliphatic heterocycles. The van der Waals surface area contributed by atoms with Gasteiger partial charge in [-0.1, -0.05) is 29.8 Å². The second-order valence-corrected chi connectivity index (χ2v) is 8.19. The number of carbonyl (C=O) groups is 2. The number of carbonyl (C=O) groups excluding carboxylic acids is 2. The number of likely N-dealkylation sites (tertiary alicyclic amines) is 1. The van der Waals surface area contributed by atoms with Gasteiger partial charge >= 0.3 is 0 Å². The molecule has 1 saturated heterocycles. The smallest absolute Gasteiger partial charge is 0.295 e. The van der Waals surface area contributed by atoms with Crippen LogP contribution in [0.2, 0.25) is 5.02 Å². The number of benzene rings is 2. The molecule has 0 aliphatic carbocycles. The second kappa shape index (κ2) is 9.46. The molecule has 1 amide bonds. The van der Waals surface area contributed by atoms with Crippen molar-refractivity contribution in [2.75, 3.05) is 6.61 Å². The summed E-state index contributed by atoms with van der Waals surface area (Å²) in [6, 6.07) is 15.0. The number of nitrogens with zero attached hydrogens (tertiary/aromatic N) is 2. The van der Waals surface area contributed by atoms with E-state index in [0.29, 0.717) is 28.5 Å². The highest BCUT2D eigenvalue weighted by Gasteiger charge is 2.46. The third kappa shape index (κ3) is 4.47. The van der Waals surface area contributed by atoms with Crippen LogP contribution < -0.4 is 4.74 Å². The molecule has 0 saturated carbocycles. The van der Waals surface area contributed by atoms with Crippen LogP contribution in [-0.2, 0) is 16.1 Å². The molecule has 2 heterocycles. The van der Waals surface area contributed by atoms with E-state index < -0.39 is 17.7 Å². The first-order chi connectivity index (χ1) is 15.9. The van der Waals surface area contributed by atoms with Crippen LogP contribution in [0, 0.1) is 6.92 Å². The molecule has 1 aromatic heterocycles. The lowest BCUT2D eigenvalue weighted by molar-refractivity contribution is -0.140. The molecule has 1 N–H and O–H groups in total. The van der Waals surface area contributed by atoms with Crippen molar-refractivity contribution < 1.29 is 19.4 Å². The van der Waals surface area contributed by atoms with Crippen LogP contribution >= 0.6 is 11.6 Å². The Balaban J connectivity index is 1.85. The number of aromatic nitrogens is 1. The Morgan fingerprint density at radius 3 is 2.55 bits per heavy atom. The molecule has 6 nitrogen and oxygen atoms in total. The SMILES string of the molecule is CCOc1ccc(C(O)=C2C(=O)C(=O)N(Cc3cccnc3)[C@H]2c2ccc(Cl)cc2)c(C)c1. The molecule has 3 aromatic rings. The average Bonchev–Trinajstić information content (AvgIpc) is 3.05. The number of hydrogen-bond acceptors (Lipinski definition) is 5. The van der Waals surface area contributed by atoms with Gasteiger partial charge < -0.3 is 14.7 Å². The molecule has 0 unspecified atom stereocenters. The number of rotatable bonds is 6. The summed E-state index contributed by atoms with van der Waals surface area (Å²) in [6.07, 6.45) is 3.29. The van der Waals surface area contributed by atoms with Crippen molar-refractivity contribution in [2.24, 2.45) is 0 Å². The zero-order valence-corrected chi connectivity index (χ0v) is 19.0. The van der Waals surface area contributed by atoms with Crippen LogP contribution in [0.5, 0.6) is 5.75 Å². The first-order valence-corrected chi connectivity index (χ1v) is 10.9. The lowest BCUT2D eigenvalue weighted by atomic mass is 9.94. The fourth-order valence-electron chi connectivity index (χ4n) is 4.03. The van der Waals surface area contributed by atoms with Gasteiger partial charge in [-0.05, 0) is 66.9 Å². The Morgan fingerprint density at radius 1 is 1.15 bits per heavy atom. The summed E-state index contributed by atoms with van der Waals surface area (Å²) >= 11 is 6.07. The monoisotopic (exact) mass is 462 g/mol. The summed E-state index contributed by atoms with van der Waals surface area (Å²) < 4.78 is 5.52. The topological polar surface area (TPSA) is 79.7 Å². The van der Waals surface area contributed by atoms with Gasteiger partial charge in [-0.3, -0.25) is 14.6 Å². The number of hydrogen-bond donors (Lipinski definition) is 1. The molecule has 0 spiro atoms. The zero-order valence-electron chi connectivity index (χ0n) is 18.3. The third-order valence-electron chi connectivity index (χ3n) is 5.57. The van der Waals surface area contributed by atoms with E-state index in [4.69, 9.17) is 16.3 Å². The molecule has 168 valence electrons. The van der Waals surface area contributed by atoms with E-state index >= 15 is 0 Å². The summed E-state index contributed by atoms with van der Waals surface area (Å²) in [5, 5.41) is 11.8. The fourth-order valence-corrected chi connectivity index (χ4v) is 4.15. The lowest BCUT2D eigenvalue weighted by Crippen LogP contribution is -2.29. The minimum absolute atomic E-state index is 0.0403. The molecule has 2 aromatic carbocycles. The number of aliphatic hydroxyl groups excluding tert-OH is 1. The van der Waals surface area contributed by atoms with Crippen LogP contribution in [-0.4, -0.2) is 33.3 Å².